The van der Waals surface area contributed by atoms with Crippen molar-refractivity contribution < 1.29 is 23.9 Å². The largest absolute Gasteiger partial charge is 0.444 e. The molecule has 0 radical (unpaired) electrons. The van der Waals surface area contributed by atoms with Crippen LogP contribution in [0.25, 0.3) is 0 Å². The molecule has 8 heteroatoms. The van der Waals surface area contributed by atoms with Gasteiger partial charge in [-0.3, -0.25) is 14.5 Å². The minimum Gasteiger partial charge on any atom is -0.444 e. The number of hydrogen-bond donors (Lipinski definition) is 1. The Hall–Kier alpha value is -3.68. The van der Waals surface area contributed by atoms with Gasteiger partial charge in [0.1, 0.15) is 0 Å². The Balaban J connectivity index is 1.47. The van der Waals surface area contributed by atoms with Gasteiger partial charge in [-0.1, -0.05) is 42.5 Å². The number of carbonyl (C=O) groups excluding carboxylic acids is 4. The summed E-state index contributed by atoms with van der Waals surface area (Å²) in [6.45, 7) is 1.45. The van der Waals surface area contributed by atoms with Gasteiger partial charge in [-0.15, -0.1) is 0 Å². The molecule has 2 saturated heterocycles. The van der Waals surface area contributed by atoms with Crippen LogP contribution in [0.2, 0.25) is 0 Å². The third kappa shape index (κ3) is 4.80. The Kier molecular flexibility index (Phi) is 6.49. The highest BCUT2D eigenvalue weighted by Gasteiger charge is 2.31. The summed E-state index contributed by atoms with van der Waals surface area (Å²) in [5.74, 6) is -1.11. The number of piperidine rings is 1. The number of ether oxygens (including phenoxy) is 1. The monoisotopic (exact) mass is 435 g/mol. The molecule has 0 saturated carbocycles. The Bertz CT molecular complexity index is 984. The molecule has 0 aliphatic carbocycles. The van der Waals surface area contributed by atoms with Crippen molar-refractivity contribution in [3.05, 3.63) is 71.3 Å². The predicted molar refractivity (Wildman–Crippen MR) is 115 cm³/mol. The highest BCUT2D eigenvalue weighted by atomic mass is 16.5. The molecule has 4 rings (SSSR count). The van der Waals surface area contributed by atoms with E-state index in [2.05, 4.69) is 5.32 Å². The number of esters is 1. The molecule has 1 N–H and O–H groups in total. The number of nitrogens with one attached hydrogen (secondary N) is 1. The number of nitrogens with zero attached hydrogens (tertiary/aromatic N) is 2. The fourth-order valence-electron chi connectivity index (χ4n) is 3.89. The van der Waals surface area contributed by atoms with Crippen molar-refractivity contribution in [3.8, 4) is 0 Å². The maximum Gasteiger partial charge on any atom is 0.339 e. The van der Waals surface area contributed by atoms with Crippen LogP contribution >= 0.6 is 0 Å². The first-order valence-corrected chi connectivity index (χ1v) is 10.7. The normalized spacial score (nSPS) is 17.1. The molecule has 2 aromatic carbocycles. The van der Waals surface area contributed by atoms with Crippen LogP contribution in [0.3, 0.4) is 0 Å². The lowest BCUT2D eigenvalue weighted by Crippen LogP contribution is -2.40. The number of carbonyl (C=O) groups is 4. The zero-order valence-corrected chi connectivity index (χ0v) is 17.7. The summed E-state index contributed by atoms with van der Waals surface area (Å²) in [6.07, 6.45) is 1.98. The molecule has 2 aliphatic heterocycles. The number of imide groups is 1. The van der Waals surface area contributed by atoms with Crippen LogP contribution < -0.4 is 5.32 Å². The van der Waals surface area contributed by atoms with E-state index in [0.29, 0.717) is 29.8 Å². The Morgan fingerprint density at radius 3 is 2.25 bits per heavy atom. The van der Waals surface area contributed by atoms with E-state index in [1.807, 2.05) is 18.2 Å². The third-order valence-electron chi connectivity index (χ3n) is 5.69. The van der Waals surface area contributed by atoms with Gasteiger partial charge in [0.25, 0.3) is 5.91 Å². The van der Waals surface area contributed by atoms with Crippen molar-refractivity contribution in [1.82, 2.24) is 15.1 Å². The molecule has 166 valence electrons. The molecule has 2 aromatic rings. The van der Waals surface area contributed by atoms with Gasteiger partial charge < -0.3 is 15.0 Å². The van der Waals surface area contributed by atoms with E-state index in [9.17, 15) is 19.2 Å². The second-order valence-corrected chi connectivity index (χ2v) is 7.92. The average Bonchev–Trinajstić information content (AvgIpc) is 3.15. The SMILES string of the molecule is O=C(OC(C(=O)N1CCCCC1)c1ccccc1)c1ccc(CN2C(=O)CNC2=O)cc1. The summed E-state index contributed by atoms with van der Waals surface area (Å²) < 4.78 is 5.69. The summed E-state index contributed by atoms with van der Waals surface area (Å²) in [6, 6.07) is 15.1. The minimum absolute atomic E-state index is 0.00480. The summed E-state index contributed by atoms with van der Waals surface area (Å²) in [7, 11) is 0. The van der Waals surface area contributed by atoms with Crippen molar-refractivity contribution in [2.75, 3.05) is 19.6 Å². The summed E-state index contributed by atoms with van der Waals surface area (Å²) in [4.78, 5) is 52.3. The molecule has 2 fully saturated rings. The van der Waals surface area contributed by atoms with E-state index < -0.39 is 18.1 Å². The summed E-state index contributed by atoms with van der Waals surface area (Å²) in [5.41, 5.74) is 1.63. The van der Waals surface area contributed by atoms with Crippen molar-refractivity contribution in [3.63, 3.8) is 0 Å². The zero-order chi connectivity index (χ0) is 22.5. The van der Waals surface area contributed by atoms with E-state index in [1.54, 1.807) is 41.3 Å². The van der Waals surface area contributed by atoms with E-state index >= 15 is 0 Å². The van der Waals surface area contributed by atoms with Gasteiger partial charge in [0.2, 0.25) is 12.0 Å². The first-order chi connectivity index (χ1) is 15.5. The molecular weight excluding hydrogens is 410 g/mol. The van der Waals surface area contributed by atoms with Gasteiger partial charge in [-0.2, -0.15) is 0 Å². The molecule has 32 heavy (non-hydrogen) atoms. The van der Waals surface area contributed by atoms with Crippen LogP contribution in [-0.2, 0) is 20.9 Å². The lowest BCUT2D eigenvalue weighted by atomic mass is 10.1. The Labute approximate surface area is 186 Å². The van der Waals surface area contributed by atoms with Crippen molar-refractivity contribution in [2.24, 2.45) is 0 Å². The quantitative estimate of drug-likeness (QED) is 0.556. The summed E-state index contributed by atoms with van der Waals surface area (Å²) >= 11 is 0. The van der Waals surface area contributed by atoms with E-state index in [4.69, 9.17) is 4.74 Å². The van der Waals surface area contributed by atoms with E-state index in [1.165, 1.54) is 0 Å². The number of hydrogen-bond acceptors (Lipinski definition) is 5. The topological polar surface area (TPSA) is 96.0 Å². The molecule has 2 heterocycles. The van der Waals surface area contributed by atoms with Gasteiger partial charge in [0.05, 0.1) is 18.7 Å². The zero-order valence-electron chi connectivity index (χ0n) is 17.7. The number of rotatable bonds is 6. The van der Waals surface area contributed by atoms with Gasteiger partial charge in [-0.25, -0.2) is 9.59 Å². The maximum atomic E-state index is 13.1. The van der Waals surface area contributed by atoms with Crippen LogP contribution in [0, 0.1) is 0 Å². The smallest absolute Gasteiger partial charge is 0.339 e. The number of likely N-dealkylation sites (tertiary alicyclic amines) is 1. The average molecular weight is 435 g/mol. The van der Waals surface area contributed by atoms with Crippen molar-refractivity contribution >= 4 is 23.8 Å². The highest BCUT2D eigenvalue weighted by molar-refractivity contribution is 6.01. The van der Waals surface area contributed by atoms with Crippen molar-refractivity contribution in [2.45, 2.75) is 31.9 Å². The van der Waals surface area contributed by atoms with Crippen molar-refractivity contribution in [1.29, 1.82) is 0 Å². The molecule has 1 atom stereocenters. The maximum absolute atomic E-state index is 13.1. The highest BCUT2D eigenvalue weighted by Crippen LogP contribution is 2.24. The number of amides is 4. The lowest BCUT2D eigenvalue weighted by Gasteiger charge is -2.30. The van der Waals surface area contributed by atoms with Crippen LogP contribution in [0.4, 0.5) is 4.79 Å². The minimum atomic E-state index is -1.01. The number of urea groups is 1. The third-order valence-corrected chi connectivity index (χ3v) is 5.69. The predicted octanol–water partition coefficient (Wildman–Crippen LogP) is 2.65. The second kappa shape index (κ2) is 9.64. The van der Waals surface area contributed by atoms with Gasteiger partial charge in [0.15, 0.2) is 0 Å². The molecular formula is C24H25N3O5. The molecule has 1 unspecified atom stereocenters. The van der Waals surface area contributed by atoms with E-state index in [0.717, 1.165) is 24.2 Å². The van der Waals surface area contributed by atoms with Crippen LogP contribution in [0.15, 0.2) is 54.6 Å². The second-order valence-electron chi connectivity index (χ2n) is 7.92. The molecule has 4 amide bonds. The molecule has 8 nitrogen and oxygen atoms in total. The van der Waals surface area contributed by atoms with E-state index in [-0.39, 0.29) is 24.9 Å². The first kappa shape index (κ1) is 21.5. The van der Waals surface area contributed by atoms with Crippen LogP contribution in [0.1, 0.15) is 46.9 Å². The Morgan fingerprint density at radius 1 is 0.938 bits per heavy atom. The molecule has 0 spiro atoms. The standard InChI is InChI=1S/C24H25N3O5/c28-20-15-25-24(31)27(20)16-17-9-11-19(12-10-17)23(30)32-21(18-7-3-1-4-8-18)22(29)26-13-5-2-6-14-26/h1,3-4,7-12,21H,2,5-6,13-16H2,(H,25,31). The fourth-order valence-corrected chi connectivity index (χ4v) is 3.89. The van der Waals surface area contributed by atoms with Crippen LogP contribution in [-0.4, -0.2) is 53.2 Å². The Morgan fingerprint density at radius 2 is 1.62 bits per heavy atom. The molecule has 0 bridgehead atoms. The first-order valence-electron chi connectivity index (χ1n) is 10.7. The lowest BCUT2D eigenvalue weighted by molar-refractivity contribution is -0.142. The van der Waals surface area contributed by atoms with Crippen LogP contribution in [0.5, 0.6) is 0 Å². The van der Waals surface area contributed by atoms with Gasteiger partial charge in [-0.05, 0) is 37.0 Å². The number of benzene rings is 2. The fraction of sp³-hybridized carbons (Fsp3) is 0.333. The summed E-state index contributed by atoms with van der Waals surface area (Å²) in [5, 5.41) is 2.47. The van der Waals surface area contributed by atoms with Gasteiger partial charge in [0, 0.05) is 18.7 Å². The molecule has 2 aliphatic rings. The molecule has 0 aromatic heterocycles. The van der Waals surface area contributed by atoms with Gasteiger partial charge >= 0.3 is 12.0 Å².